The molecular formula is C3H3N3O2. The first-order chi connectivity index (χ1) is 3.79. The van der Waals surface area contributed by atoms with E-state index in [0.29, 0.717) is 0 Å². The van der Waals surface area contributed by atoms with Crippen molar-refractivity contribution in [1.29, 1.82) is 0 Å². The largest absolute Gasteiger partial charge is 0.324 e. The minimum absolute atomic E-state index is 0.561. The Balaban J connectivity index is 2.45. The summed E-state index contributed by atoms with van der Waals surface area (Å²) in [5.41, 5.74) is 0. The fraction of sp³-hybridized carbons (Fsp3) is 0. The molecule has 5 nitrogen and oxygen atoms in total. The molecule has 0 aromatic heterocycles. The fourth-order valence-corrected chi connectivity index (χ4v) is 0.310. The molecule has 1 heterocycles. The van der Waals surface area contributed by atoms with E-state index in [-0.39, 0.29) is 0 Å². The van der Waals surface area contributed by atoms with Gasteiger partial charge in [-0.05, 0) is 0 Å². The average Bonchev–Trinajstić information content (AvgIpc) is 1.64. The van der Waals surface area contributed by atoms with Crippen molar-refractivity contribution in [3.8, 4) is 0 Å². The van der Waals surface area contributed by atoms with E-state index in [1.54, 1.807) is 0 Å². The highest BCUT2D eigenvalue weighted by atomic mass is 16.2. The first-order valence-corrected chi connectivity index (χ1v) is 1.91. The number of hydrogen-bond donors (Lipinski definition) is 3. The van der Waals surface area contributed by atoms with Crippen LogP contribution in [0.3, 0.4) is 0 Å². The van der Waals surface area contributed by atoms with Crippen molar-refractivity contribution < 1.29 is 9.59 Å². The van der Waals surface area contributed by atoms with Gasteiger partial charge in [0, 0.05) is 0 Å². The van der Waals surface area contributed by atoms with Crippen molar-refractivity contribution in [2.24, 2.45) is 0 Å². The van der Waals surface area contributed by atoms with Crippen LogP contribution in [0.15, 0.2) is 0 Å². The first kappa shape index (κ1) is 4.89. The van der Waals surface area contributed by atoms with Crippen LogP contribution in [0.1, 0.15) is 0 Å². The molecule has 0 aromatic rings. The Hall–Kier alpha value is -1.26. The Kier molecular flexibility index (Phi) is 1.03. The summed E-state index contributed by atoms with van der Waals surface area (Å²) >= 11 is 0. The van der Waals surface area contributed by atoms with Crippen LogP contribution < -0.4 is 16.0 Å². The molecule has 1 rings (SSSR count). The number of rotatable bonds is 0. The second-order valence-corrected chi connectivity index (χ2v) is 1.16. The summed E-state index contributed by atoms with van der Waals surface area (Å²) in [7, 11) is 0. The first-order valence-electron chi connectivity index (χ1n) is 1.91. The lowest BCUT2D eigenvalue weighted by molar-refractivity contribution is 0.223. The van der Waals surface area contributed by atoms with E-state index in [0.717, 1.165) is 0 Å². The fourth-order valence-electron chi connectivity index (χ4n) is 0.310. The number of amides is 4. The Morgan fingerprint density at radius 1 is 1.12 bits per heavy atom. The molecule has 1 fully saturated rings. The lowest BCUT2D eigenvalue weighted by Crippen LogP contribution is -2.52. The third-order valence-electron chi connectivity index (χ3n) is 0.579. The second kappa shape index (κ2) is 1.69. The molecule has 0 aromatic carbocycles. The van der Waals surface area contributed by atoms with Gasteiger partial charge < -0.3 is 10.6 Å². The monoisotopic (exact) mass is 113 g/mol. The highest BCUT2D eigenvalue weighted by Crippen LogP contribution is 1.74. The van der Waals surface area contributed by atoms with Gasteiger partial charge in [-0.3, -0.25) is 5.32 Å². The highest BCUT2D eigenvalue weighted by Gasteiger charge is 2.12. The number of urea groups is 2. The molecular weight excluding hydrogens is 110 g/mol. The van der Waals surface area contributed by atoms with Gasteiger partial charge in [0.15, 0.2) is 0 Å². The topological polar surface area (TPSA) is 70.2 Å². The molecule has 1 aliphatic heterocycles. The van der Waals surface area contributed by atoms with Crippen molar-refractivity contribution in [2.45, 2.75) is 0 Å². The maximum Gasteiger partial charge on any atom is 0.324 e. The van der Waals surface area contributed by atoms with Crippen LogP contribution in [0.2, 0.25) is 0 Å². The zero-order chi connectivity index (χ0) is 5.98. The number of hydrogen-bond acceptors (Lipinski definition) is 2. The summed E-state index contributed by atoms with van der Waals surface area (Å²) in [5.74, 6) is 0. The van der Waals surface area contributed by atoms with E-state index in [4.69, 9.17) is 0 Å². The van der Waals surface area contributed by atoms with Crippen molar-refractivity contribution in [3.05, 3.63) is 6.67 Å². The number of nitrogens with one attached hydrogen (secondary N) is 3. The summed E-state index contributed by atoms with van der Waals surface area (Å²) in [6.07, 6.45) is 0. The molecule has 0 atom stereocenters. The second-order valence-electron chi connectivity index (χ2n) is 1.16. The van der Waals surface area contributed by atoms with Gasteiger partial charge in [-0.1, -0.05) is 0 Å². The van der Waals surface area contributed by atoms with Crippen LogP contribution in [-0.2, 0) is 0 Å². The standard InChI is InChI=1S/C3H3N3O2/c7-2-4-1-5-3(8)6-2/h(H3,4,5,6,7,8). The zero-order valence-electron chi connectivity index (χ0n) is 3.82. The molecule has 0 spiro atoms. The Bertz CT molecular complexity index is 118. The molecule has 2 radical (unpaired) electrons. The maximum absolute atomic E-state index is 10.1. The number of imide groups is 1. The van der Waals surface area contributed by atoms with Gasteiger partial charge in [0.1, 0.15) is 0 Å². The van der Waals surface area contributed by atoms with Crippen LogP contribution in [0.4, 0.5) is 9.59 Å². The molecule has 3 N–H and O–H groups in total. The Morgan fingerprint density at radius 3 is 1.88 bits per heavy atom. The van der Waals surface area contributed by atoms with Crippen molar-refractivity contribution in [3.63, 3.8) is 0 Å². The van der Waals surface area contributed by atoms with Crippen LogP contribution in [0.5, 0.6) is 0 Å². The summed E-state index contributed by atoms with van der Waals surface area (Å²) in [6, 6.07) is -1.12. The summed E-state index contributed by atoms with van der Waals surface area (Å²) in [6.45, 7) is 2.12. The van der Waals surface area contributed by atoms with Gasteiger partial charge in [-0.25, -0.2) is 9.59 Å². The lowest BCUT2D eigenvalue weighted by atomic mass is 10.7. The van der Waals surface area contributed by atoms with Gasteiger partial charge in [-0.2, -0.15) is 0 Å². The minimum atomic E-state index is -0.561. The van der Waals surface area contributed by atoms with Gasteiger partial charge in [0.05, 0.1) is 0 Å². The van der Waals surface area contributed by atoms with Crippen LogP contribution in [0, 0.1) is 6.67 Å². The van der Waals surface area contributed by atoms with E-state index in [2.05, 4.69) is 17.3 Å². The SMILES string of the molecule is O=C1N[C]NC(=O)N1. The Morgan fingerprint density at radius 2 is 1.62 bits per heavy atom. The quantitative estimate of drug-likeness (QED) is 0.377. The van der Waals surface area contributed by atoms with Crippen molar-refractivity contribution >= 4 is 12.1 Å². The normalized spacial score (nSPS) is 18.5. The predicted octanol–water partition coefficient (Wildman–Crippen LogP) is -0.995. The maximum atomic E-state index is 10.1. The minimum Gasteiger partial charge on any atom is -0.307 e. The zero-order valence-corrected chi connectivity index (χ0v) is 3.82. The molecule has 0 saturated carbocycles. The van der Waals surface area contributed by atoms with Crippen LogP contribution in [0.25, 0.3) is 0 Å². The third-order valence-corrected chi connectivity index (χ3v) is 0.579. The molecule has 0 unspecified atom stereocenters. The predicted molar refractivity (Wildman–Crippen MR) is 23.4 cm³/mol. The smallest absolute Gasteiger partial charge is 0.307 e. The molecule has 0 bridgehead atoms. The van der Waals surface area contributed by atoms with Crippen LogP contribution in [-0.4, -0.2) is 12.1 Å². The summed E-state index contributed by atoms with van der Waals surface area (Å²) in [4.78, 5) is 20.3. The highest BCUT2D eigenvalue weighted by molar-refractivity contribution is 5.96. The number of carbonyl (C=O) groups is 2. The van der Waals surface area contributed by atoms with Crippen LogP contribution >= 0.6 is 0 Å². The van der Waals surface area contributed by atoms with Crippen molar-refractivity contribution in [2.75, 3.05) is 0 Å². The number of carbonyl (C=O) groups excluding carboxylic acids is 2. The van der Waals surface area contributed by atoms with Gasteiger partial charge in [0.2, 0.25) is 6.67 Å². The molecule has 4 amide bonds. The average molecular weight is 113 g/mol. The van der Waals surface area contributed by atoms with E-state index in [1.165, 1.54) is 0 Å². The molecule has 0 aliphatic carbocycles. The van der Waals surface area contributed by atoms with Crippen molar-refractivity contribution in [1.82, 2.24) is 16.0 Å². The third kappa shape index (κ3) is 0.868. The van der Waals surface area contributed by atoms with Gasteiger partial charge >= 0.3 is 12.1 Å². The molecule has 42 valence electrons. The summed E-state index contributed by atoms with van der Waals surface area (Å²) in [5, 5.41) is 6.08. The van der Waals surface area contributed by atoms with E-state index in [9.17, 15) is 9.59 Å². The van der Waals surface area contributed by atoms with E-state index < -0.39 is 12.1 Å². The molecule has 1 aliphatic rings. The van der Waals surface area contributed by atoms with Gasteiger partial charge in [0.25, 0.3) is 0 Å². The van der Waals surface area contributed by atoms with Gasteiger partial charge in [-0.15, -0.1) is 0 Å². The van der Waals surface area contributed by atoms with E-state index in [1.807, 2.05) is 5.32 Å². The molecule has 5 heteroatoms. The molecule has 1 saturated heterocycles. The lowest BCUT2D eigenvalue weighted by Gasteiger charge is -2.10. The molecule has 8 heavy (non-hydrogen) atoms. The summed E-state index contributed by atoms with van der Waals surface area (Å²) < 4.78 is 0. The van der Waals surface area contributed by atoms with E-state index >= 15 is 0 Å². The Labute approximate surface area is 45.4 Å².